The lowest BCUT2D eigenvalue weighted by atomic mass is 9.88. The first-order valence-corrected chi connectivity index (χ1v) is 6.82. The molecule has 1 unspecified atom stereocenters. The number of nitrogens with one attached hydrogen (secondary N) is 1. The Hall–Kier alpha value is -1.61. The third-order valence-corrected chi connectivity index (χ3v) is 3.66. The molecule has 102 valence electrons. The topological polar surface area (TPSA) is 49.3 Å². The third kappa shape index (κ3) is 3.44. The SMILES string of the molecule is C=CCCC(=O)NCC(O)(c1ccccc1)C1CC1. The van der Waals surface area contributed by atoms with Crippen LogP contribution in [0.3, 0.4) is 0 Å². The molecule has 0 aliphatic heterocycles. The van der Waals surface area contributed by atoms with Crippen molar-refractivity contribution in [3.8, 4) is 0 Å². The molecule has 0 radical (unpaired) electrons. The Labute approximate surface area is 114 Å². The first kappa shape index (κ1) is 13.8. The monoisotopic (exact) mass is 259 g/mol. The van der Waals surface area contributed by atoms with Crippen LogP contribution >= 0.6 is 0 Å². The Bertz CT molecular complexity index is 439. The van der Waals surface area contributed by atoms with E-state index in [0.29, 0.717) is 12.8 Å². The highest BCUT2D eigenvalue weighted by Crippen LogP contribution is 2.45. The summed E-state index contributed by atoms with van der Waals surface area (Å²) >= 11 is 0. The molecule has 1 aromatic carbocycles. The second kappa shape index (κ2) is 6.02. The summed E-state index contributed by atoms with van der Waals surface area (Å²) in [4.78, 5) is 11.7. The molecule has 0 heterocycles. The highest BCUT2D eigenvalue weighted by Gasteiger charge is 2.45. The van der Waals surface area contributed by atoms with Gasteiger partial charge in [0.15, 0.2) is 0 Å². The normalized spacial score (nSPS) is 17.5. The maximum Gasteiger partial charge on any atom is 0.220 e. The molecule has 0 aromatic heterocycles. The van der Waals surface area contributed by atoms with E-state index < -0.39 is 5.60 Å². The number of allylic oxidation sites excluding steroid dienone is 1. The van der Waals surface area contributed by atoms with E-state index in [0.717, 1.165) is 18.4 Å². The molecule has 0 saturated heterocycles. The van der Waals surface area contributed by atoms with E-state index in [9.17, 15) is 9.90 Å². The van der Waals surface area contributed by atoms with Crippen molar-refractivity contribution >= 4 is 5.91 Å². The van der Waals surface area contributed by atoms with E-state index in [1.165, 1.54) is 0 Å². The molecule has 2 rings (SSSR count). The molecular formula is C16H21NO2. The summed E-state index contributed by atoms with van der Waals surface area (Å²) < 4.78 is 0. The zero-order valence-electron chi connectivity index (χ0n) is 11.1. The minimum atomic E-state index is -0.925. The van der Waals surface area contributed by atoms with Crippen molar-refractivity contribution in [3.05, 3.63) is 48.6 Å². The van der Waals surface area contributed by atoms with Gasteiger partial charge in [-0.15, -0.1) is 6.58 Å². The number of aliphatic hydroxyl groups is 1. The van der Waals surface area contributed by atoms with Crippen molar-refractivity contribution in [1.29, 1.82) is 0 Å². The molecule has 1 amide bonds. The summed E-state index contributed by atoms with van der Waals surface area (Å²) in [5.41, 5.74) is -0.0352. The van der Waals surface area contributed by atoms with Crippen LogP contribution < -0.4 is 5.32 Å². The van der Waals surface area contributed by atoms with Crippen LogP contribution in [0.2, 0.25) is 0 Å². The Balaban J connectivity index is 2.00. The Kier molecular flexibility index (Phi) is 4.38. The first-order valence-electron chi connectivity index (χ1n) is 6.82. The number of amides is 1. The van der Waals surface area contributed by atoms with Gasteiger partial charge in [0.2, 0.25) is 5.91 Å². The van der Waals surface area contributed by atoms with Gasteiger partial charge >= 0.3 is 0 Å². The minimum Gasteiger partial charge on any atom is -0.383 e. The largest absolute Gasteiger partial charge is 0.383 e. The fourth-order valence-corrected chi connectivity index (χ4v) is 2.32. The van der Waals surface area contributed by atoms with Crippen LogP contribution in [0.15, 0.2) is 43.0 Å². The lowest BCUT2D eigenvalue weighted by molar-refractivity contribution is -0.122. The van der Waals surface area contributed by atoms with Gasteiger partial charge in [-0.1, -0.05) is 36.4 Å². The number of hydrogen-bond acceptors (Lipinski definition) is 2. The van der Waals surface area contributed by atoms with Gasteiger partial charge in [-0.3, -0.25) is 4.79 Å². The summed E-state index contributed by atoms with van der Waals surface area (Å²) in [5.74, 6) is 0.226. The second-order valence-electron chi connectivity index (χ2n) is 5.17. The lowest BCUT2D eigenvalue weighted by Crippen LogP contribution is -2.42. The number of carbonyl (C=O) groups excluding carboxylic acids is 1. The number of carbonyl (C=O) groups is 1. The fraction of sp³-hybridized carbons (Fsp3) is 0.438. The van der Waals surface area contributed by atoms with Gasteiger partial charge in [0.25, 0.3) is 0 Å². The molecule has 1 fully saturated rings. The molecule has 1 aliphatic carbocycles. The fourth-order valence-electron chi connectivity index (χ4n) is 2.32. The molecule has 1 aliphatic rings. The van der Waals surface area contributed by atoms with Crippen LogP contribution in [0.25, 0.3) is 0 Å². The van der Waals surface area contributed by atoms with E-state index in [2.05, 4.69) is 11.9 Å². The lowest BCUT2D eigenvalue weighted by Gasteiger charge is -2.29. The summed E-state index contributed by atoms with van der Waals surface area (Å²) in [5, 5.41) is 13.7. The molecule has 1 aromatic rings. The van der Waals surface area contributed by atoms with Gasteiger partial charge in [0.05, 0.1) is 6.54 Å². The number of rotatable bonds is 7. The average molecular weight is 259 g/mol. The van der Waals surface area contributed by atoms with Crippen molar-refractivity contribution in [3.63, 3.8) is 0 Å². The minimum absolute atomic E-state index is 0.0325. The van der Waals surface area contributed by atoms with Crippen molar-refractivity contribution in [2.75, 3.05) is 6.54 Å². The van der Waals surface area contributed by atoms with Crippen molar-refractivity contribution < 1.29 is 9.90 Å². The number of benzene rings is 1. The maximum atomic E-state index is 11.7. The van der Waals surface area contributed by atoms with Crippen molar-refractivity contribution in [2.45, 2.75) is 31.3 Å². The van der Waals surface area contributed by atoms with Crippen LogP contribution in [0, 0.1) is 5.92 Å². The molecule has 2 N–H and O–H groups in total. The van der Waals surface area contributed by atoms with E-state index in [-0.39, 0.29) is 18.4 Å². The van der Waals surface area contributed by atoms with Crippen LogP contribution in [0.1, 0.15) is 31.2 Å². The van der Waals surface area contributed by atoms with E-state index in [4.69, 9.17) is 0 Å². The maximum absolute atomic E-state index is 11.7. The van der Waals surface area contributed by atoms with Gasteiger partial charge in [-0.2, -0.15) is 0 Å². The molecule has 3 heteroatoms. The van der Waals surface area contributed by atoms with Gasteiger partial charge in [0.1, 0.15) is 5.60 Å². The van der Waals surface area contributed by atoms with Gasteiger partial charge in [-0.25, -0.2) is 0 Å². The van der Waals surface area contributed by atoms with E-state index in [1.807, 2.05) is 30.3 Å². The Morgan fingerprint density at radius 2 is 2.11 bits per heavy atom. The smallest absolute Gasteiger partial charge is 0.220 e. The predicted molar refractivity (Wildman–Crippen MR) is 75.5 cm³/mol. The molecule has 19 heavy (non-hydrogen) atoms. The summed E-state index contributed by atoms with van der Waals surface area (Å²) in [6, 6.07) is 9.62. The summed E-state index contributed by atoms with van der Waals surface area (Å²) in [6.07, 6.45) is 4.86. The van der Waals surface area contributed by atoms with Crippen LogP contribution in [0.5, 0.6) is 0 Å². The third-order valence-electron chi connectivity index (χ3n) is 3.66. The van der Waals surface area contributed by atoms with Crippen LogP contribution in [-0.4, -0.2) is 17.6 Å². The average Bonchev–Trinajstić information content (AvgIpc) is 3.28. The van der Waals surface area contributed by atoms with E-state index in [1.54, 1.807) is 6.08 Å². The van der Waals surface area contributed by atoms with Gasteiger partial charge in [0, 0.05) is 6.42 Å². The summed E-state index contributed by atoms with van der Waals surface area (Å²) in [7, 11) is 0. The molecule has 0 bridgehead atoms. The summed E-state index contributed by atoms with van der Waals surface area (Å²) in [6.45, 7) is 3.89. The van der Waals surface area contributed by atoms with Crippen molar-refractivity contribution in [2.24, 2.45) is 5.92 Å². The predicted octanol–water partition coefficient (Wildman–Crippen LogP) is 2.37. The van der Waals surface area contributed by atoms with Gasteiger partial charge in [-0.05, 0) is 30.7 Å². The highest BCUT2D eigenvalue weighted by atomic mass is 16.3. The molecule has 1 saturated carbocycles. The highest BCUT2D eigenvalue weighted by molar-refractivity contribution is 5.76. The molecular weight excluding hydrogens is 238 g/mol. The quantitative estimate of drug-likeness (QED) is 0.739. The molecule has 3 nitrogen and oxygen atoms in total. The van der Waals surface area contributed by atoms with Gasteiger partial charge < -0.3 is 10.4 Å². The Morgan fingerprint density at radius 3 is 2.68 bits per heavy atom. The van der Waals surface area contributed by atoms with Crippen molar-refractivity contribution in [1.82, 2.24) is 5.32 Å². The standard InChI is InChI=1S/C16H21NO2/c1-2-3-9-15(18)17-12-16(19,14-10-11-14)13-7-5-4-6-8-13/h2,4-8,14,19H,1,3,9-12H2,(H,17,18). The van der Waals surface area contributed by atoms with E-state index >= 15 is 0 Å². The molecule has 0 spiro atoms. The number of hydrogen-bond donors (Lipinski definition) is 2. The van der Waals surface area contributed by atoms with Crippen LogP contribution in [-0.2, 0) is 10.4 Å². The Morgan fingerprint density at radius 1 is 1.42 bits per heavy atom. The van der Waals surface area contributed by atoms with Crippen LogP contribution in [0.4, 0.5) is 0 Å². The molecule has 1 atom stereocenters. The first-order chi connectivity index (χ1) is 9.16. The second-order valence-corrected chi connectivity index (χ2v) is 5.17. The zero-order chi connectivity index (χ0) is 13.7. The zero-order valence-corrected chi connectivity index (χ0v) is 11.1.